The van der Waals surface area contributed by atoms with Crippen LogP contribution in [0.4, 0.5) is 5.95 Å². The number of nitrogens with two attached hydrogens (primary N) is 1. The van der Waals surface area contributed by atoms with E-state index in [0.717, 1.165) is 24.1 Å². The molecule has 0 unspecified atom stereocenters. The third-order valence-corrected chi connectivity index (χ3v) is 2.68. The summed E-state index contributed by atoms with van der Waals surface area (Å²) in [6, 6.07) is 0. The molecule has 6 heteroatoms. The van der Waals surface area contributed by atoms with Crippen LogP contribution in [0.5, 0.6) is 0 Å². The van der Waals surface area contributed by atoms with Gasteiger partial charge in [-0.15, -0.1) is 0 Å². The largest absolute Gasteiger partial charge is 0.376 e. The fourth-order valence-corrected chi connectivity index (χ4v) is 1.70. The predicted octanol–water partition coefficient (Wildman–Crippen LogP) is -0.144. The number of ether oxygens (including phenoxy) is 1. The van der Waals surface area contributed by atoms with Gasteiger partial charge in [0.1, 0.15) is 0 Å². The first-order valence-corrected chi connectivity index (χ1v) is 5.37. The van der Waals surface area contributed by atoms with Gasteiger partial charge in [0.05, 0.1) is 6.10 Å². The molecular formula is C10H16N4O2. The number of hydrogen-bond donors (Lipinski definition) is 2. The second-order valence-electron chi connectivity index (χ2n) is 3.96. The topological polar surface area (TPSA) is 82.2 Å². The zero-order valence-corrected chi connectivity index (χ0v) is 9.27. The maximum absolute atomic E-state index is 11.5. The second-order valence-corrected chi connectivity index (χ2v) is 3.96. The van der Waals surface area contributed by atoms with Crippen LogP contribution in [0, 0.1) is 6.92 Å². The number of aryl methyl sites for hydroxylation is 1. The standard InChI is InChI=1S/C10H16N4O2/c1-7-5-12-10(14(11)9(7)15)13-6-8-3-2-4-16-8/h5,8H,2-4,6,11H2,1H3,(H,12,13)/t8-/m0/s1. The summed E-state index contributed by atoms with van der Waals surface area (Å²) in [5.41, 5.74) is 0.301. The third kappa shape index (κ3) is 2.16. The zero-order chi connectivity index (χ0) is 11.5. The van der Waals surface area contributed by atoms with Crippen LogP contribution < -0.4 is 16.7 Å². The zero-order valence-electron chi connectivity index (χ0n) is 9.27. The van der Waals surface area contributed by atoms with Gasteiger partial charge in [0.2, 0.25) is 5.95 Å². The quantitative estimate of drug-likeness (QED) is 0.698. The molecule has 2 heterocycles. The molecule has 1 saturated heterocycles. The first-order chi connectivity index (χ1) is 7.68. The molecule has 0 aromatic carbocycles. The van der Waals surface area contributed by atoms with Crippen molar-refractivity contribution < 1.29 is 4.74 Å². The molecule has 0 spiro atoms. The number of nitrogens with zero attached hydrogens (tertiary/aromatic N) is 2. The van der Waals surface area contributed by atoms with E-state index in [-0.39, 0.29) is 11.7 Å². The van der Waals surface area contributed by atoms with Crippen molar-refractivity contribution in [3.05, 3.63) is 22.1 Å². The number of rotatable bonds is 3. The highest BCUT2D eigenvalue weighted by Gasteiger charge is 2.15. The van der Waals surface area contributed by atoms with Crippen molar-refractivity contribution in [2.45, 2.75) is 25.9 Å². The number of hydrogen-bond acceptors (Lipinski definition) is 5. The lowest BCUT2D eigenvalue weighted by Gasteiger charge is -2.13. The Balaban J connectivity index is 2.04. The van der Waals surface area contributed by atoms with Gasteiger partial charge in [-0.3, -0.25) is 4.79 Å². The molecule has 6 nitrogen and oxygen atoms in total. The Morgan fingerprint density at radius 3 is 3.25 bits per heavy atom. The Morgan fingerprint density at radius 1 is 1.75 bits per heavy atom. The van der Waals surface area contributed by atoms with Crippen molar-refractivity contribution >= 4 is 5.95 Å². The molecule has 0 saturated carbocycles. The maximum Gasteiger partial charge on any atom is 0.276 e. The average molecular weight is 224 g/mol. The maximum atomic E-state index is 11.5. The van der Waals surface area contributed by atoms with E-state index in [1.807, 2.05) is 0 Å². The molecular weight excluding hydrogens is 208 g/mol. The molecule has 0 amide bonds. The normalized spacial score (nSPS) is 19.9. The van der Waals surface area contributed by atoms with Crippen LogP contribution in [0.25, 0.3) is 0 Å². The molecule has 16 heavy (non-hydrogen) atoms. The minimum absolute atomic E-state index is 0.193. The highest BCUT2D eigenvalue weighted by atomic mass is 16.5. The Morgan fingerprint density at radius 2 is 2.56 bits per heavy atom. The van der Waals surface area contributed by atoms with Gasteiger partial charge < -0.3 is 15.9 Å². The van der Waals surface area contributed by atoms with Gasteiger partial charge in [-0.1, -0.05) is 0 Å². The van der Waals surface area contributed by atoms with Crippen LogP contribution >= 0.6 is 0 Å². The van der Waals surface area contributed by atoms with E-state index in [1.54, 1.807) is 6.92 Å². The minimum Gasteiger partial charge on any atom is -0.376 e. The monoisotopic (exact) mass is 224 g/mol. The predicted molar refractivity (Wildman–Crippen MR) is 60.8 cm³/mol. The van der Waals surface area contributed by atoms with Gasteiger partial charge in [-0.25, -0.2) is 4.98 Å². The lowest BCUT2D eigenvalue weighted by Crippen LogP contribution is -2.33. The Kier molecular flexibility index (Phi) is 3.09. The first kappa shape index (κ1) is 10.9. The van der Waals surface area contributed by atoms with Gasteiger partial charge in [0.15, 0.2) is 0 Å². The molecule has 0 aliphatic carbocycles. The summed E-state index contributed by atoms with van der Waals surface area (Å²) < 4.78 is 6.48. The summed E-state index contributed by atoms with van der Waals surface area (Å²) in [5.74, 6) is 5.99. The molecule has 1 aliphatic heterocycles. The van der Waals surface area contributed by atoms with Crippen molar-refractivity contribution in [1.82, 2.24) is 9.66 Å². The smallest absolute Gasteiger partial charge is 0.276 e. The van der Waals surface area contributed by atoms with E-state index in [4.69, 9.17) is 10.6 Å². The molecule has 3 N–H and O–H groups in total. The van der Waals surface area contributed by atoms with Crippen molar-refractivity contribution in [1.29, 1.82) is 0 Å². The van der Waals surface area contributed by atoms with E-state index in [9.17, 15) is 4.79 Å². The van der Waals surface area contributed by atoms with Crippen LogP contribution in [0.1, 0.15) is 18.4 Å². The fraction of sp³-hybridized carbons (Fsp3) is 0.600. The van der Waals surface area contributed by atoms with Crippen molar-refractivity contribution in [3.8, 4) is 0 Å². The van der Waals surface area contributed by atoms with Crippen LogP contribution in [-0.4, -0.2) is 28.9 Å². The van der Waals surface area contributed by atoms with E-state index in [0.29, 0.717) is 18.1 Å². The number of nitrogen functional groups attached to an aromatic ring is 1. The molecule has 1 atom stereocenters. The van der Waals surface area contributed by atoms with Gasteiger partial charge >= 0.3 is 0 Å². The van der Waals surface area contributed by atoms with Crippen LogP contribution in [0.15, 0.2) is 11.0 Å². The highest BCUT2D eigenvalue weighted by Crippen LogP contribution is 2.12. The van der Waals surface area contributed by atoms with Crippen LogP contribution in [-0.2, 0) is 4.74 Å². The molecule has 0 bridgehead atoms. The Bertz CT molecular complexity index is 423. The van der Waals surface area contributed by atoms with Crippen molar-refractivity contribution in [3.63, 3.8) is 0 Å². The Labute approximate surface area is 93.4 Å². The molecule has 1 fully saturated rings. The molecule has 1 aromatic rings. The number of anilines is 1. The van der Waals surface area contributed by atoms with E-state index < -0.39 is 0 Å². The summed E-state index contributed by atoms with van der Waals surface area (Å²) in [6.07, 6.45) is 3.83. The Hall–Kier alpha value is -1.56. The lowest BCUT2D eigenvalue weighted by atomic mass is 10.2. The number of nitrogens with one attached hydrogen (secondary N) is 1. The fourth-order valence-electron chi connectivity index (χ4n) is 1.70. The molecule has 88 valence electrons. The minimum atomic E-state index is -0.232. The van der Waals surface area contributed by atoms with Gasteiger partial charge in [-0.2, -0.15) is 4.68 Å². The molecule has 1 aromatic heterocycles. The summed E-state index contributed by atoms with van der Waals surface area (Å²) in [7, 11) is 0. The highest BCUT2D eigenvalue weighted by molar-refractivity contribution is 5.27. The van der Waals surface area contributed by atoms with E-state index in [2.05, 4.69) is 10.3 Å². The summed E-state index contributed by atoms with van der Waals surface area (Å²) in [4.78, 5) is 15.6. The van der Waals surface area contributed by atoms with Crippen molar-refractivity contribution in [2.24, 2.45) is 0 Å². The van der Waals surface area contributed by atoms with Crippen LogP contribution in [0.3, 0.4) is 0 Å². The summed E-state index contributed by atoms with van der Waals surface area (Å²) in [6.45, 7) is 3.12. The SMILES string of the molecule is Cc1cnc(NC[C@@H]2CCCO2)n(N)c1=O. The summed E-state index contributed by atoms with van der Waals surface area (Å²) in [5, 5.41) is 3.02. The van der Waals surface area contributed by atoms with Crippen LogP contribution in [0.2, 0.25) is 0 Å². The van der Waals surface area contributed by atoms with Gasteiger partial charge in [-0.05, 0) is 19.8 Å². The molecule has 0 radical (unpaired) electrons. The first-order valence-electron chi connectivity index (χ1n) is 5.37. The lowest BCUT2D eigenvalue weighted by molar-refractivity contribution is 0.120. The van der Waals surface area contributed by atoms with E-state index >= 15 is 0 Å². The third-order valence-electron chi connectivity index (χ3n) is 2.68. The summed E-state index contributed by atoms with van der Waals surface area (Å²) >= 11 is 0. The van der Waals surface area contributed by atoms with Gasteiger partial charge in [0.25, 0.3) is 5.56 Å². The van der Waals surface area contributed by atoms with Crippen molar-refractivity contribution in [2.75, 3.05) is 24.3 Å². The van der Waals surface area contributed by atoms with E-state index in [1.165, 1.54) is 6.20 Å². The number of aromatic nitrogens is 2. The molecule has 2 rings (SSSR count). The van der Waals surface area contributed by atoms with Gasteiger partial charge in [0, 0.05) is 24.9 Å². The second kappa shape index (κ2) is 4.52. The molecule has 1 aliphatic rings. The average Bonchev–Trinajstić information content (AvgIpc) is 2.78.